The van der Waals surface area contributed by atoms with Crippen LogP contribution in [-0.2, 0) is 14.3 Å². The molecule has 0 atom stereocenters. The number of carbonyl (C=O) groups is 3. The SMILES string of the molecule is COC(=O)CC=Cc1cccc2c1C(=O)OC2=O. The minimum Gasteiger partial charge on any atom is -0.469 e. The first-order valence-electron chi connectivity index (χ1n) is 5.26. The first-order valence-corrected chi connectivity index (χ1v) is 5.26. The molecule has 0 bridgehead atoms. The second kappa shape index (κ2) is 4.83. The highest BCUT2D eigenvalue weighted by atomic mass is 16.6. The van der Waals surface area contributed by atoms with E-state index in [0.29, 0.717) is 5.56 Å². The fourth-order valence-electron chi connectivity index (χ4n) is 1.66. The summed E-state index contributed by atoms with van der Waals surface area (Å²) in [6.45, 7) is 0. The molecule has 0 unspecified atom stereocenters. The fourth-order valence-corrected chi connectivity index (χ4v) is 1.66. The van der Waals surface area contributed by atoms with Crippen molar-refractivity contribution in [2.75, 3.05) is 7.11 Å². The van der Waals surface area contributed by atoms with Crippen molar-refractivity contribution in [3.8, 4) is 0 Å². The first-order chi connectivity index (χ1) is 8.63. The van der Waals surface area contributed by atoms with Gasteiger partial charge in [0.15, 0.2) is 0 Å². The molecular weight excluding hydrogens is 236 g/mol. The van der Waals surface area contributed by atoms with Gasteiger partial charge < -0.3 is 9.47 Å². The number of rotatable bonds is 3. The molecule has 5 heteroatoms. The van der Waals surface area contributed by atoms with E-state index in [1.165, 1.54) is 13.2 Å². The molecule has 1 aliphatic rings. The molecule has 92 valence electrons. The van der Waals surface area contributed by atoms with Gasteiger partial charge in [0.05, 0.1) is 24.7 Å². The Morgan fingerprint density at radius 3 is 2.83 bits per heavy atom. The number of hydrogen-bond acceptors (Lipinski definition) is 5. The highest BCUT2D eigenvalue weighted by Gasteiger charge is 2.31. The minimum atomic E-state index is -0.659. The normalized spacial score (nSPS) is 13.6. The number of fused-ring (bicyclic) bond motifs is 1. The molecule has 0 amide bonds. The molecule has 1 aliphatic heterocycles. The Balaban J connectivity index is 2.28. The molecule has 1 aromatic rings. The van der Waals surface area contributed by atoms with Crippen LogP contribution in [0, 0.1) is 0 Å². The topological polar surface area (TPSA) is 69.7 Å². The Morgan fingerprint density at radius 1 is 1.33 bits per heavy atom. The van der Waals surface area contributed by atoms with Crippen molar-refractivity contribution in [2.45, 2.75) is 6.42 Å². The molecule has 1 heterocycles. The molecule has 0 saturated carbocycles. The summed E-state index contributed by atoms with van der Waals surface area (Å²) in [6, 6.07) is 4.85. The van der Waals surface area contributed by atoms with Crippen molar-refractivity contribution >= 4 is 24.0 Å². The lowest BCUT2D eigenvalue weighted by molar-refractivity contribution is -0.139. The lowest BCUT2D eigenvalue weighted by Gasteiger charge is -1.98. The third kappa shape index (κ3) is 2.15. The maximum atomic E-state index is 11.5. The highest BCUT2D eigenvalue weighted by molar-refractivity contribution is 6.16. The van der Waals surface area contributed by atoms with Crippen LogP contribution in [0.5, 0.6) is 0 Å². The number of methoxy groups -OCH3 is 1. The molecule has 0 saturated heterocycles. The van der Waals surface area contributed by atoms with Gasteiger partial charge in [0, 0.05) is 0 Å². The van der Waals surface area contributed by atoms with Crippen molar-refractivity contribution in [1.29, 1.82) is 0 Å². The summed E-state index contributed by atoms with van der Waals surface area (Å²) in [5.74, 6) is -1.68. The Bertz CT molecular complexity index is 557. The Labute approximate surface area is 103 Å². The predicted molar refractivity (Wildman–Crippen MR) is 61.9 cm³/mol. The number of esters is 3. The summed E-state index contributed by atoms with van der Waals surface area (Å²) in [6.07, 6.45) is 3.26. The van der Waals surface area contributed by atoms with Crippen LogP contribution >= 0.6 is 0 Å². The molecule has 0 spiro atoms. The van der Waals surface area contributed by atoms with E-state index in [-0.39, 0.29) is 23.5 Å². The largest absolute Gasteiger partial charge is 0.469 e. The molecular formula is C13H10O5. The van der Waals surface area contributed by atoms with E-state index in [9.17, 15) is 14.4 Å². The molecule has 0 aromatic heterocycles. The van der Waals surface area contributed by atoms with E-state index in [0.717, 1.165) is 0 Å². The van der Waals surface area contributed by atoms with Crippen LogP contribution in [0.4, 0.5) is 0 Å². The summed E-state index contributed by atoms with van der Waals surface area (Å²) >= 11 is 0. The van der Waals surface area contributed by atoms with Crippen LogP contribution in [0.15, 0.2) is 24.3 Å². The highest BCUT2D eigenvalue weighted by Crippen LogP contribution is 2.24. The Hall–Kier alpha value is -2.43. The van der Waals surface area contributed by atoms with Gasteiger partial charge in [-0.3, -0.25) is 4.79 Å². The summed E-state index contributed by atoms with van der Waals surface area (Å²) in [7, 11) is 1.30. The summed E-state index contributed by atoms with van der Waals surface area (Å²) in [4.78, 5) is 33.7. The van der Waals surface area contributed by atoms with Crippen LogP contribution in [0.1, 0.15) is 32.7 Å². The minimum absolute atomic E-state index is 0.100. The second-order valence-electron chi connectivity index (χ2n) is 3.63. The van der Waals surface area contributed by atoms with E-state index in [1.54, 1.807) is 24.3 Å². The van der Waals surface area contributed by atoms with Crippen molar-refractivity contribution < 1.29 is 23.9 Å². The number of ether oxygens (including phenoxy) is 2. The predicted octanol–water partition coefficient (Wildman–Crippen LogP) is 1.57. The van der Waals surface area contributed by atoms with E-state index < -0.39 is 11.9 Å². The number of benzene rings is 1. The van der Waals surface area contributed by atoms with Gasteiger partial charge in [-0.25, -0.2) is 9.59 Å². The van der Waals surface area contributed by atoms with Crippen LogP contribution < -0.4 is 0 Å². The molecule has 0 aliphatic carbocycles. The van der Waals surface area contributed by atoms with Gasteiger partial charge in [0.1, 0.15) is 0 Å². The molecule has 1 aromatic carbocycles. The molecule has 18 heavy (non-hydrogen) atoms. The first kappa shape index (κ1) is 12.0. The van der Waals surface area contributed by atoms with Crippen molar-refractivity contribution in [3.05, 3.63) is 41.0 Å². The molecule has 2 rings (SSSR count). The van der Waals surface area contributed by atoms with E-state index >= 15 is 0 Å². The van der Waals surface area contributed by atoms with E-state index in [4.69, 9.17) is 0 Å². The van der Waals surface area contributed by atoms with Crippen LogP contribution in [0.2, 0.25) is 0 Å². The number of cyclic esters (lactones) is 2. The van der Waals surface area contributed by atoms with Gasteiger partial charge in [-0.15, -0.1) is 0 Å². The molecule has 0 N–H and O–H groups in total. The van der Waals surface area contributed by atoms with Crippen molar-refractivity contribution in [1.82, 2.24) is 0 Å². The molecule has 0 radical (unpaired) electrons. The number of hydrogen-bond donors (Lipinski definition) is 0. The zero-order valence-corrected chi connectivity index (χ0v) is 9.64. The standard InChI is InChI=1S/C13H10O5/c1-17-10(14)7-3-5-8-4-2-6-9-11(8)13(16)18-12(9)15/h2-6H,7H2,1H3. The summed E-state index contributed by atoms with van der Waals surface area (Å²) in [5.41, 5.74) is 1.04. The fraction of sp³-hybridized carbons (Fsp3) is 0.154. The van der Waals surface area contributed by atoms with Crippen LogP contribution in [0.25, 0.3) is 6.08 Å². The smallest absolute Gasteiger partial charge is 0.347 e. The second-order valence-corrected chi connectivity index (χ2v) is 3.63. The van der Waals surface area contributed by atoms with Crippen LogP contribution in [0.3, 0.4) is 0 Å². The zero-order chi connectivity index (χ0) is 13.1. The van der Waals surface area contributed by atoms with Crippen molar-refractivity contribution in [3.63, 3.8) is 0 Å². The Kier molecular flexibility index (Phi) is 3.23. The molecule has 5 nitrogen and oxygen atoms in total. The van der Waals surface area contributed by atoms with Crippen LogP contribution in [-0.4, -0.2) is 25.0 Å². The maximum absolute atomic E-state index is 11.5. The van der Waals surface area contributed by atoms with Gasteiger partial charge in [0.25, 0.3) is 0 Å². The monoisotopic (exact) mass is 246 g/mol. The third-order valence-electron chi connectivity index (χ3n) is 2.52. The van der Waals surface area contributed by atoms with Crippen molar-refractivity contribution in [2.24, 2.45) is 0 Å². The van der Waals surface area contributed by atoms with Gasteiger partial charge in [-0.1, -0.05) is 24.3 Å². The number of carbonyl (C=O) groups excluding carboxylic acids is 3. The average molecular weight is 246 g/mol. The molecule has 0 fully saturated rings. The average Bonchev–Trinajstić information content (AvgIpc) is 2.66. The lowest BCUT2D eigenvalue weighted by atomic mass is 10.0. The lowest BCUT2D eigenvalue weighted by Crippen LogP contribution is -1.99. The van der Waals surface area contributed by atoms with Gasteiger partial charge in [0.2, 0.25) is 0 Å². The zero-order valence-electron chi connectivity index (χ0n) is 9.64. The van der Waals surface area contributed by atoms with E-state index in [2.05, 4.69) is 9.47 Å². The summed E-state index contributed by atoms with van der Waals surface area (Å²) < 4.78 is 9.00. The summed E-state index contributed by atoms with van der Waals surface area (Å²) in [5, 5.41) is 0. The van der Waals surface area contributed by atoms with E-state index in [1.807, 2.05) is 0 Å². The Morgan fingerprint density at radius 2 is 2.11 bits per heavy atom. The van der Waals surface area contributed by atoms with Gasteiger partial charge in [-0.05, 0) is 11.6 Å². The maximum Gasteiger partial charge on any atom is 0.347 e. The van der Waals surface area contributed by atoms with Gasteiger partial charge >= 0.3 is 17.9 Å². The third-order valence-corrected chi connectivity index (χ3v) is 2.52. The van der Waals surface area contributed by atoms with Gasteiger partial charge in [-0.2, -0.15) is 0 Å². The quantitative estimate of drug-likeness (QED) is 0.598.